The van der Waals surface area contributed by atoms with Crippen LogP contribution in [-0.2, 0) is 27.7 Å². The summed E-state index contributed by atoms with van der Waals surface area (Å²) in [6, 6.07) is 5.26. The van der Waals surface area contributed by atoms with E-state index < -0.39 is 47.5 Å². The molecule has 1 aromatic heterocycles. The Morgan fingerprint density at radius 3 is 2.33 bits per heavy atom. The maximum atomic E-state index is 14.3. The zero-order valence-electron chi connectivity index (χ0n) is 22.0. The zero-order valence-corrected chi connectivity index (χ0v) is 25.4. The van der Waals surface area contributed by atoms with Crippen molar-refractivity contribution in [2.45, 2.75) is 62.4 Å². The number of hydrogen-bond donors (Lipinski definition) is 1. The molecule has 0 saturated heterocycles. The van der Waals surface area contributed by atoms with Gasteiger partial charge < -0.3 is 4.74 Å². The number of halogens is 6. The maximum Gasteiger partial charge on any atom is 0.416 e. The molecular weight excluding hydrogens is 637 g/mol. The monoisotopic (exact) mass is 665 g/mol. The molecule has 40 heavy (non-hydrogen) atoms. The van der Waals surface area contributed by atoms with Gasteiger partial charge in [0.15, 0.2) is 11.6 Å². The highest BCUT2D eigenvalue weighted by Crippen LogP contribution is 2.45. The molecule has 0 radical (unpaired) electrons. The van der Waals surface area contributed by atoms with E-state index in [9.17, 15) is 30.4 Å². The fraction of sp³-hybridized carbons (Fsp3) is 0.423. The van der Waals surface area contributed by atoms with Crippen LogP contribution in [-0.4, -0.2) is 32.9 Å². The molecule has 0 spiro atoms. The third-order valence-corrected chi connectivity index (χ3v) is 10.3. The Hall–Kier alpha value is -2.13. The number of aromatic nitrogens is 2. The fourth-order valence-electron chi connectivity index (χ4n) is 4.08. The molecule has 6 nitrogen and oxygen atoms in total. The lowest BCUT2D eigenvalue weighted by Gasteiger charge is -2.19. The van der Waals surface area contributed by atoms with Crippen molar-refractivity contribution in [1.29, 1.82) is 0 Å². The van der Waals surface area contributed by atoms with E-state index in [2.05, 4.69) is 45.4 Å². The fourth-order valence-corrected chi connectivity index (χ4v) is 6.63. The van der Waals surface area contributed by atoms with Gasteiger partial charge in [-0.15, -0.1) is 0 Å². The summed E-state index contributed by atoms with van der Waals surface area (Å²) < 4.78 is 104. The molecule has 1 aliphatic carbocycles. The Labute approximate surface area is 239 Å². The second-order valence-electron chi connectivity index (χ2n) is 11.0. The van der Waals surface area contributed by atoms with E-state index >= 15 is 0 Å². The second kappa shape index (κ2) is 11.6. The second-order valence-corrected chi connectivity index (χ2v) is 19.2. The minimum absolute atomic E-state index is 0.0574. The van der Waals surface area contributed by atoms with Gasteiger partial charge in [-0.25, -0.2) is 26.6 Å². The van der Waals surface area contributed by atoms with Crippen LogP contribution in [0, 0.1) is 17.6 Å². The highest BCUT2D eigenvalue weighted by atomic mass is 79.9. The Bertz CT molecular complexity index is 1470. The van der Waals surface area contributed by atoms with Crippen LogP contribution in [0.25, 0.3) is 11.3 Å². The summed E-state index contributed by atoms with van der Waals surface area (Å²) in [6.45, 7) is 7.20. The molecule has 0 amide bonds. The quantitative estimate of drug-likeness (QED) is 0.101. The lowest BCUT2D eigenvalue weighted by Crippen LogP contribution is -2.30. The minimum Gasteiger partial charge on any atom is -0.360 e. The summed E-state index contributed by atoms with van der Waals surface area (Å²) >= 11 is 3.26. The Kier molecular flexibility index (Phi) is 8.96. The molecule has 1 fully saturated rings. The third kappa shape index (κ3) is 7.58. The molecule has 14 heteroatoms. The van der Waals surface area contributed by atoms with Crippen molar-refractivity contribution in [3.8, 4) is 11.3 Å². The first kappa shape index (κ1) is 30.8. The van der Waals surface area contributed by atoms with Gasteiger partial charge in [-0.3, -0.25) is 0 Å². The van der Waals surface area contributed by atoms with Crippen LogP contribution < -0.4 is 4.72 Å². The molecule has 218 valence electrons. The lowest BCUT2D eigenvalue weighted by molar-refractivity contribution is -0.137. The molecule has 4 rings (SSSR count). The normalized spacial score (nSPS) is 15.4. The van der Waals surface area contributed by atoms with E-state index in [1.165, 1.54) is 4.68 Å². The van der Waals surface area contributed by atoms with Gasteiger partial charge in [-0.1, -0.05) is 19.6 Å². The molecular formula is C26H29BrF5N3O3SSi. The first-order valence-corrected chi connectivity index (χ1v) is 18.5. The van der Waals surface area contributed by atoms with Crippen molar-refractivity contribution >= 4 is 34.0 Å². The van der Waals surface area contributed by atoms with E-state index in [0.29, 0.717) is 37.1 Å². The van der Waals surface area contributed by atoms with Gasteiger partial charge in [0.25, 0.3) is 0 Å². The number of hydrogen-bond acceptors (Lipinski definition) is 4. The molecule has 3 aromatic rings. The Morgan fingerprint density at radius 2 is 1.75 bits per heavy atom. The largest absolute Gasteiger partial charge is 0.416 e. The standard InChI is InChI=1S/C26H29BrF5N3O3SSi/c1-40(2,3)11-10-38-15-35-14-20(25(33-35)19-12-22(28)23(29)13-21(19)27)24(16-4-5-16)34-39(36,37)18-8-6-17(7-9-18)26(30,31)32/h6-9,12-14,16,24,34H,4-5,10-11,15H2,1-3H3. The van der Waals surface area contributed by atoms with Gasteiger partial charge in [0, 0.05) is 36.5 Å². The molecule has 1 atom stereocenters. The van der Waals surface area contributed by atoms with Crippen LogP contribution in [0.4, 0.5) is 22.0 Å². The van der Waals surface area contributed by atoms with Crippen molar-refractivity contribution in [2.24, 2.45) is 5.92 Å². The topological polar surface area (TPSA) is 73.2 Å². The number of ether oxygens (including phenoxy) is 1. The van der Waals surface area contributed by atoms with E-state index in [-0.39, 0.29) is 33.3 Å². The van der Waals surface area contributed by atoms with Gasteiger partial charge in [-0.05, 0) is 77.1 Å². The Balaban J connectivity index is 1.70. The summed E-state index contributed by atoms with van der Waals surface area (Å²) in [5.41, 5.74) is -0.106. The Morgan fingerprint density at radius 1 is 1.12 bits per heavy atom. The molecule has 1 heterocycles. The number of nitrogens with zero attached hydrogens (tertiary/aromatic N) is 2. The van der Waals surface area contributed by atoms with Crippen LogP contribution >= 0.6 is 15.9 Å². The first-order valence-electron chi connectivity index (χ1n) is 12.5. The molecule has 1 aliphatic rings. The molecule has 0 bridgehead atoms. The summed E-state index contributed by atoms with van der Waals surface area (Å²) in [4.78, 5) is -0.330. The van der Waals surface area contributed by atoms with Crippen LogP contribution in [0.3, 0.4) is 0 Å². The molecule has 1 saturated carbocycles. The van der Waals surface area contributed by atoms with E-state index in [1.807, 2.05) is 0 Å². The number of rotatable bonds is 11. The number of nitrogens with one attached hydrogen (secondary N) is 1. The highest BCUT2D eigenvalue weighted by Gasteiger charge is 2.39. The summed E-state index contributed by atoms with van der Waals surface area (Å²) in [6.07, 6.45) is -1.62. The smallest absolute Gasteiger partial charge is 0.360 e. The molecule has 0 aliphatic heterocycles. The zero-order chi connectivity index (χ0) is 29.5. The lowest BCUT2D eigenvalue weighted by atomic mass is 10.00. The molecule has 1 unspecified atom stereocenters. The summed E-state index contributed by atoms with van der Waals surface area (Å²) in [7, 11) is -5.60. The SMILES string of the molecule is C[Si](C)(C)CCOCn1cc(C(NS(=O)(=O)c2ccc(C(F)(F)F)cc2)C2CC2)c(-c2cc(F)c(F)cc2Br)n1. The molecule has 2 aromatic carbocycles. The predicted molar refractivity (Wildman–Crippen MR) is 147 cm³/mol. The van der Waals surface area contributed by atoms with E-state index in [1.54, 1.807) is 6.20 Å². The summed E-state index contributed by atoms with van der Waals surface area (Å²) in [5.74, 6) is -2.29. The van der Waals surface area contributed by atoms with Crippen LogP contribution in [0.15, 0.2) is 52.0 Å². The van der Waals surface area contributed by atoms with Gasteiger partial charge in [0.1, 0.15) is 6.73 Å². The maximum absolute atomic E-state index is 14.3. The average Bonchev–Trinajstić information content (AvgIpc) is 3.61. The van der Waals surface area contributed by atoms with Crippen molar-refractivity contribution in [3.05, 3.63) is 69.8 Å². The third-order valence-electron chi connectivity index (χ3n) is 6.48. The van der Waals surface area contributed by atoms with Gasteiger partial charge in [-0.2, -0.15) is 18.3 Å². The molecule has 1 N–H and O–H groups in total. The predicted octanol–water partition coefficient (Wildman–Crippen LogP) is 7.35. The van der Waals surface area contributed by atoms with Crippen LogP contribution in [0.2, 0.25) is 25.7 Å². The minimum atomic E-state index is -4.61. The number of sulfonamides is 1. The highest BCUT2D eigenvalue weighted by molar-refractivity contribution is 9.10. The summed E-state index contributed by atoms with van der Waals surface area (Å²) in [5, 5.41) is 4.54. The van der Waals surface area contributed by atoms with Gasteiger partial charge in [0.05, 0.1) is 22.2 Å². The van der Waals surface area contributed by atoms with Gasteiger partial charge in [0.2, 0.25) is 10.0 Å². The van der Waals surface area contributed by atoms with Crippen molar-refractivity contribution in [2.75, 3.05) is 6.61 Å². The van der Waals surface area contributed by atoms with Crippen LogP contribution in [0.1, 0.15) is 30.0 Å². The van der Waals surface area contributed by atoms with Crippen molar-refractivity contribution in [1.82, 2.24) is 14.5 Å². The number of benzene rings is 2. The van der Waals surface area contributed by atoms with E-state index in [4.69, 9.17) is 4.74 Å². The van der Waals surface area contributed by atoms with Crippen molar-refractivity contribution < 1.29 is 35.1 Å². The van der Waals surface area contributed by atoms with Crippen LogP contribution in [0.5, 0.6) is 0 Å². The average molecular weight is 667 g/mol. The van der Waals surface area contributed by atoms with Crippen molar-refractivity contribution in [3.63, 3.8) is 0 Å². The van der Waals surface area contributed by atoms with Gasteiger partial charge >= 0.3 is 6.18 Å². The number of alkyl halides is 3. The van der Waals surface area contributed by atoms with E-state index in [0.717, 1.165) is 30.3 Å². The first-order chi connectivity index (χ1) is 18.5.